The Kier molecular flexibility index (Phi) is 2.91. The van der Waals surface area contributed by atoms with Gasteiger partial charge in [0.05, 0.1) is 12.7 Å². The molecule has 4 heteroatoms. The summed E-state index contributed by atoms with van der Waals surface area (Å²) in [5.41, 5.74) is 2.15. The van der Waals surface area contributed by atoms with Gasteiger partial charge in [0.2, 0.25) is 0 Å². The maximum absolute atomic E-state index is 10.9. The van der Waals surface area contributed by atoms with Crippen LogP contribution in [0.3, 0.4) is 0 Å². The maximum Gasteiger partial charge on any atom is 0.153 e. The lowest BCUT2D eigenvalue weighted by atomic mass is 10.0. The Balaban J connectivity index is 2.61. The van der Waals surface area contributed by atoms with Crippen LogP contribution in [0.5, 0.6) is 5.75 Å². The molecule has 0 aliphatic carbocycles. The highest BCUT2D eigenvalue weighted by Gasteiger charge is 2.10. The number of hydrogen-bond donors (Lipinski definition) is 0. The van der Waals surface area contributed by atoms with Crippen LogP contribution in [0.4, 0.5) is 0 Å². The average Bonchev–Trinajstić information content (AvgIpc) is 2.38. The third-order valence-electron chi connectivity index (χ3n) is 2.25. The fourth-order valence-electron chi connectivity index (χ4n) is 1.54. The first-order chi connectivity index (χ1) is 7.86. The molecule has 0 aliphatic heterocycles. The fourth-order valence-corrected chi connectivity index (χ4v) is 1.54. The smallest absolute Gasteiger partial charge is 0.153 e. The molecule has 2 rings (SSSR count). The summed E-state index contributed by atoms with van der Waals surface area (Å²) in [6, 6.07) is 5.37. The number of methoxy groups -OCH3 is 1. The van der Waals surface area contributed by atoms with Crippen LogP contribution in [-0.2, 0) is 0 Å². The SMILES string of the molecule is COc1c(C=O)cccc1-c1cncnc1. The van der Waals surface area contributed by atoms with Gasteiger partial charge in [-0.15, -0.1) is 0 Å². The van der Waals surface area contributed by atoms with E-state index in [9.17, 15) is 4.79 Å². The third kappa shape index (κ3) is 1.77. The molecule has 1 heterocycles. The van der Waals surface area contributed by atoms with E-state index < -0.39 is 0 Å². The number of rotatable bonds is 3. The molecule has 1 aromatic carbocycles. The number of carbonyl (C=O) groups excluding carboxylic acids is 1. The molecule has 0 bridgehead atoms. The van der Waals surface area contributed by atoms with E-state index in [1.807, 2.05) is 6.07 Å². The Morgan fingerprint density at radius 2 is 2.00 bits per heavy atom. The monoisotopic (exact) mass is 214 g/mol. The Morgan fingerprint density at radius 1 is 1.25 bits per heavy atom. The first-order valence-electron chi connectivity index (χ1n) is 4.74. The third-order valence-corrected chi connectivity index (χ3v) is 2.25. The molecule has 0 atom stereocenters. The molecular formula is C12H10N2O2. The minimum atomic E-state index is 0.517. The molecule has 1 aromatic heterocycles. The molecule has 0 saturated carbocycles. The summed E-state index contributed by atoms with van der Waals surface area (Å²) < 4.78 is 5.23. The molecule has 80 valence electrons. The topological polar surface area (TPSA) is 52.1 Å². The molecule has 0 fully saturated rings. The zero-order valence-corrected chi connectivity index (χ0v) is 8.75. The van der Waals surface area contributed by atoms with Gasteiger partial charge in [-0.25, -0.2) is 9.97 Å². The Labute approximate surface area is 92.9 Å². The Morgan fingerprint density at radius 3 is 2.62 bits per heavy atom. The van der Waals surface area contributed by atoms with E-state index in [1.165, 1.54) is 13.4 Å². The fraction of sp³-hybridized carbons (Fsp3) is 0.0833. The lowest BCUT2D eigenvalue weighted by Crippen LogP contribution is -1.94. The van der Waals surface area contributed by atoms with E-state index in [0.29, 0.717) is 11.3 Å². The van der Waals surface area contributed by atoms with Crippen LogP contribution in [-0.4, -0.2) is 23.4 Å². The second-order valence-electron chi connectivity index (χ2n) is 3.17. The standard InChI is InChI=1S/C12H10N2O2/c1-16-12-9(7-15)3-2-4-11(12)10-5-13-8-14-6-10/h2-8H,1H3. The van der Waals surface area contributed by atoms with Crippen LogP contribution < -0.4 is 4.74 Å². The summed E-state index contributed by atoms with van der Waals surface area (Å²) in [5.74, 6) is 0.548. The van der Waals surface area contributed by atoms with Crippen LogP contribution in [0.15, 0.2) is 36.9 Å². The number of hydrogen-bond acceptors (Lipinski definition) is 4. The van der Waals surface area contributed by atoms with Crippen LogP contribution in [0, 0.1) is 0 Å². The van der Waals surface area contributed by atoms with Crippen molar-refractivity contribution in [1.29, 1.82) is 0 Å². The highest BCUT2D eigenvalue weighted by molar-refractivity contribution is 5.85. The van der Waals surface area contributed by atoms with Crippen molar-refractivity contribution in [2.24, 2.45) is 0 Å². The molecular weight excluding hydrogens is 204 g/mol. The lowest BCUT2D eigenvalue weighted by molar-refractivity contribution is 0.112. The minimum Gasteiger partial charge on any atom is -0.495 e. The molecule has 0 N–H and O–H groups in total. The summed E-state index contributed by atoms with van der Waals surface area (Å²) in [6.45, 7) is 0. The number of benzene rings is 1. The van der Waals surface area contributed by atoms with Crippen molar-refractivity contribution in [1.82, 2.24) is 9.97 Å². The van der Waals surface area contributed by atoms with Crippen molar-refractivity contribution in [2.45, 2.75) is 0 Å². The number of aromatic nitrogens is 2. The largest absolute Gasteiger partial charge is 0.495 e. The van der Waals surface area contributed by atoms with Gasteiger partial charge in [0.1, 0.15) is 12.1 Å². The van der Waals surface area contributed by atoms with Crippen molar-refractivity contribution < 1.29 is 9.53 Å². The normalized spacial score (nSPS) is 9.81. The molecule has 0 radical (unpaired) electrons. The summed E-state index contributed by atoms with van der Waals surface area (Å²) in [7, 11) is 1.54. The first kappa shape index (κ1) is 10.3. The minimum absolute atomic E-state index is 0.517. The van der Waals surface area contributed by atoms with Gasteiger partial charge in [-0.05, 0) is 6.07 Å². The summed E-state index contributed by atoms with van der Waals surface area (Å²) >= 11 is 0. The van der Waals surface area contributed by atoms with Crippen LogP contribution >= 0.6 is 0 Å². The molecule has 0 aliphatic rings. The van der Waals surface area contributed by atoms with Crippen LogP contribution in [0.2, 0.25) is 0 Å². The molecule has 16 heavy (non-hydrogen) atoms. The second-order valence-corrected chi connectivity index (χ2v) is 3.17. The first-order valence-corrected chi connectivity index (χ1v) is 4.74. The molecule has 0 unspecified atom stereocenters. The van der Waals surface area contributed by atoms with E-state index in [2.05, 4.69) is 9.97 Å². The quantitative estimate of drug-likeness (QED) is 0.733. The number of carbonyl (C=O) groups is 1. The number of para-hydroxylation sites is 1. The van der Waals surface area contributed by atoms with E-state index in [1.54, 1.807) is 24.5 Å². The van der Waals surface area contributed by atoms with Crippen molar-refractivity contribution >= 4 is 6.29 Å². The Bertz CT molecular complexity index is 498. The summed E-state index contributed by atoms with van der Waals surface area (Å²) in [6.07, 6.45) is 5.59. The van der Waals surface area contributed by atoms with Crippen LogP contribution in [0.25, 0.3) is 11.1 Å². The van der Waals surface area contributed by atoms with E-state index in [0.717, 1.165) is 17.4 Å². The second kappa shape index (κ2) is 4.53. The number of aldehydes is 1. The highest BCUT2D eigenvalue weighted by atomic mass is 16.5. The molecule has 2 aromatic rings. The average molecular weight is 214 g/mol. The van der Waals surface area contributed by atoms with Gasteiger partial charge in [0, 0.05) is 23.5 Å². The predicted octanol–water partition coefficient (Wildman–Crippen LogP) is 1.96. The maximum atomic E-state index is 10.9. The van der Waals surface area contributed by atoms with Crippen LogP contribution in [0.1, 0.15) is 10.4 Å². The number of nitrogens with zero attached hydrogens (tertiary/aromatic N) is 2. The predicted molar refractivity (Wildman–Crippen MR) is 59.4 cm³/mol. The molecule has 0 saturated heterocycles. The summed E-state index contributed by atoms with van der Waals surface area (Å²) in [4.78, 5) is 18.7. The van der Waals surface area contributed by atoms with E-state index in [-0.39, 0.29) is 0 Å². The number of ether oxygens (including phenoxy) is 1. The zero-order valence-electron chi connectivity index (χ0n) is 8.75. The molecule has 4 nitrogen and oxygen atoms in total. The van der Waals surface area contributed by atoms with Gasteiger partial charge in [0.25, 0.3) is 0 Å². The Hall–Kier alpha value is -2.23. The highest BCUT2D eigenvalue weighted by Crippen LogP contribution is 2.31. The van der Waals surface area contributed by atoms with E-state index in [4.69, 9.17) is 4.74 Å². The molecule has 0 spiro atoms. The van der Waals surface area contributed by atoms with Gasteiger partial charge in [0.15, 0.2) is 6.29 Å². The zero-order chi connectivity index (χ0) is 11.4. The van der Waals surface area contributed by atoms with Crippen molar-refractivity contribution in [3.05, 3.63) is 42.5 Å². The van der Waals surface area contributed by atoms with Crippen molar-refractivity contribution in [3.63, 3.8) is 0 Å². The van der Waals surface area contributed by atoms with Crippen molar-refractivity contribution in [2.75, 3.05) is 7.11 Å². The molecule has 0 amide bonds. The van der Waals surface area contributed by atoms with Crippen molar-refractivity contribution in [3.8, 4) is 16.9 Å². The van der Waals surface area contributed by atoms with E-state index >= 15 is 0 Å². The summed E-state index contributed by atoms with van der Waals surface area (Å²) in [5, 5.41) is 0. The van der Waals surface area contributed by atoms with Gasteiger partial charge in [-0.1, -0.05) is 12.1 Å². The lowest BCUT2D eigenvalue weighted by Gasteiger charge is -2.09. The van der Waals surface area contributed by atoms with Gasteiger partial charge >= 0.3 is 0 Å². The van der Waals surface area contributed by atoms with Gasteiger partial charge in [-0.3, -0.25) is 4.79 Å². The van der Waals surface area contributed by atoms with Gasteiger partial charge < -0.3 is 4.74 Å². The van der Waals surface area contributed by atoms with Gasteiger partial charge in [-0.2, -0.15) is 0 Å².